The number of nitrogens with one attached hydrogen (secondary N) is 1. The van der Waals surface area contributed by atoms with E-state index in [1.165, 1.54) is 0 Å². The summed E-state index contributed by atoms with van der Waals surface area (Å²) in [5.74, 6) is 0.000484. The Hall–Kier alpha value is -1.88. The average Bonchev–Trinajstić information content (AvgIpc) is 2.56. The molecule has 1 aromatic rings. The van der Waals surface area contributed by atoms with Crippen LogP contribution in [0.15, 0.2) is 24.3 Å². The normalized spacial score (nSPS) is 11.2. The fourth-order valence-electron chi connectivity index (χ4n) is 2.58. The molecule has 5 heteroatoms. The van der Waals surface area contributed by atoms with E-state index in [-0.39, 0.29) is 11.8 Å². The average molecular weight is 319 g/mol. The largest absolute Gasteiger partial charge is 0.355 e. The van der Waals surface area contributed by atoms with Crippen LogP contribution in [0.25, 0.3) is 0 Å². The zero-order valence-corrected chi connectivity index (χ0v) is 14.7. The van der Waals surface area contributed by atoms with Gasteiger partial charge >= 0.3 is 0 Å². The molecule has 0 unspecified atom stereocenters. The zero-order chi connectivity index (χ0) is 17.5. The van der Waals surface area contributed by atoms with Crippen LogP contribution in [-0.2, 0) is 11.2 Å². The van der Waals surface area contributed by atoms with Crippen molar-refractivity contribution in [3.8, 4) is 0 Å². The predicted molar refractivity (Wildman–Crippen MR) is 93.2 cm³/mol. The first kappa shape index (κ1) is 19.2. The van der Waals surface area contributed by atoms with E-state index in [0.717, 1.165) is 18.4 Å². The lowest BCUT2D eigenvalue weighted by Crippen LogP contribution is -2.45. The quantitative estimate of drug-likeness (QED) is 0.767. The first-order chi connectivity index (χ1) is 10.9. The van der Waals surface area contributed by atoms with Crippen molar-refractivity contribution in [1.29, 1.82) is 0 Å². The van der Waals surface area contributed by atoms with Gasteiger partial charge in [0.1, 0.15) is 0 Å². The van der Waals surface area contributed by atoms with Crippen LogP contribution in [0.5, 0.6) is 0 Å². The maximum atomic E-state index is 12.4. The summed E-state index contributed by atoms with van der Waals surface area (Å²) in [5.41, 5.74) is 7.02. The van der Waals surface area contributed by atoms with E-state index in [2.05, 4.69) is 5.32 Å². The molecule has 0 saturated heterocycles. The van der Waals surface area contributed by atoms with Crippen LogP contribution in [0.2, 0.25) is 0 Å². The van der Waals surface area contributed by atoms with Crippen LogP contribution >= 0.6 is 0 Å². The maximum absolute atomic E-state index is 12.4. The van der Waals surface area contributed by atoms with Gasteiger partial charge in [-0.2, -0.15) is 0 Å². The Bertz CT molecular complexity index is 529. The van der Waals surface area contributed by atoms with Gasteiger partial charge < -0.3 is 16.0 Å². The third-order valence-corrected chi connectivity index (χ3v) is 4.51. The first-order valence-electron chi connectivity index (χ1n) is 8.19. The lowest BCUT2D eigenvalue weighted by Gasteiger charge is -2.28. The van der Waals surface area contributed by atoms with Crippen LogP contribution in [0.4, 0.5) is 0 Å². The third kappa shape index (κ3) is 4.79. The number of benzene rings is 1. The molecule has 5 nitrogen and oxygen atoms in total. The summed E-state index contributed by atoms with van der Waals surface area (Å²) in [4.78, 5) is 25.9. The van der Waals surface area contributed by atoms with Crippen molar-refractivity contribution in [2.24, 2.45) is 11.1 Å². The summed E-state index contributed by atoms with van der Waals surface area (Å²) < 4.78 is 0. The molecule has 3 N–H and O–H groups in total. The van der Waals surface area contributed by atoms with E-state index in [1.807, 2.05) is 32.0 Å². The molecule has 0 aliphatic carbocycles. The highest BCUT2D eigenvalue weighted by molar-refractivity contribution is 5.94. The number of hydrogen-bond donors (Lipinski definition) is 2. The van der Waals surface area contributed by atoms with Crippen LogP contribution in [0.3, 0.4) is 0 Å². The van der Waals surface area contributed by atoms with Gasteiger partial charge in [0.25, 0.3) is 5.91 Å². The number of carbonyl (C=O) groups excluding carboxylic acids is 2. The van der Waals surface area contributed by atoms with Gasteiger partial charge in [0.2, 0.25) is 5.91 Å². The smallest absolute Gasteiger partial charge is 0.253 e. The second-order valence-electron chi connectivity index (χ2n) is 6.10. The summed E-state index contributed by atoms with van der Waals surface area (Å²) >= 11 is 0. The van der Waals surface area contributed by atoms with Gasteiger partial charge in [0.05, 0.1) is 5.41 Å². The molecular formula is C18H29N3O2. The summed E-state index contributed by atoms with van der Waals surface area (Å²) in [6.07, 6.45) is 2.16. The molecular weight excluding hydrogens is 290 g/mol. The lowest BCUT2D eigenvalue weighted by molar-refractivity contribution is -0.131. The number of nitrogens with zero attached hydrogens (tertiary/aromatic N) is 1. The molecule has 0 saturated carbocycles. The Labute approximate surface area is 139 Å². The van der Waals surface area contributed by atoms with E-state index in [4.69, 9.17) is 5.73 Å². The SMILES string of the molecule is CCC(CC)(CN)C(=O)NCCc1cccc(C(=O)N(C)C)c1. The number of hydrogen-bond acceptors (Lipinski definition) is 3. The van der Waals surface area contributed by atoms with Gasteiger partial charge in [-0.15, -0.1) is 0 Å². The highest BCUT2D eigenvalue weighted by Gasteiger charge is 2.32. The van der Waals surface area contributed by atoms with Crippen molar-refractivity contribution in [3.05, 3.63) is 35.4 Å². The van der Waals surface area contributed by atoms with Gasteiger partial charge in [0, 0.05) is 32.7 Å². The van der Waals surface area contributed by atoms with Gasteiger partial charge in [-0.25, -0.2) is 0 Å². The van der Waals surface area contributed by atoms with Crippen LogP contribution in [-0.4, -0.2) is 43.9 Å². The third-order valence-electron chi connectivity index (χ3n) is 4.51. The maximum Gasteiger partial charge on any atom is 0.253 e. The number of amides is 2. The predicted octanol–water partition coefficient (Wildman–Crippen LogP) is 1.81. The van der Waals surface area contributed by atoms with E-state index in [9.17, 15) is 9.59 Å². The summed E-state index contributed by atoms with van der Waals surface area (Å²) in [7, 11) is 3.47. The molecule has 2 amide bonds. The van der Waals surface area contributed by atoms with Crippen LogP contribution in [0, 0.1) is 5.41 Å². The molecule has 0 atom stereocenters. The molecule has 0 heterocycles. The van der Waals surface area contributed by atoms with Crippen molar-refractivity contribution in [3.63, 3.8) is 0 Å². The topological polar surface area (TPSA) is 75.4 Å². The fraction of sp³-hybridized carbons (Fsp3) is 0.556. The zero-order valence-electron chi connectivity index (χ0n) is 14.7. The highest BCUT2D eigenvalue weighted by Crippen LogP contribution is 2.24. The van der Waals surface area contributed by atoms with Gasteiger partial charge in [-0.3, -0.25) is 9.59 Å². The Balaban J connectivity index is 2.64. The van der Waals surface area contributed by atoms with Crippen molar-refractivity contribution in [1.82, 2.24) is 10.2 Å². The highest BCUT2D eigenvalue weighted by atomic mass is 16.2. The molecule has 23 heavy (non-hydrogen) atoms. The summed E-state index contributed by atoms with van der Waals surface area (Å²) in [5, 5.41) is 2.98. The molecule has 0 bridgehead atoms. The van der Waals surface area contributed by atoms with Gasteiger partial charge in [-0.1, -0.05) is 26.0 Å². The Morgan fingerprint density at radius 3 is 2.39 bits per heavy atom. The molecule has 0 radical (unpaired) electrons. The minimum Gasteiger partial charge on any atom is -0.355 e. The van der Waals surface area contributed by atoms with Gasteiger partial charge in [0.15, 0.2) is 0 Å². The van der Waals surface area contributed by atoms with Crippen LogP contribution < -0.4 is 11.1 Å². The van der Waals surface area contributed by atoms with Crippen molar-refractivity contribution < 1.29 is 9.59 Å². The molecule has 1 rings (SSSR count). The monoisotopic (exact) mass is 319 g/mol. The fourth-order valence-corrected chi connectivity index (χ4v) is 2.58. The molecule has 1 aromatic carbocycles. The Morgan fingerprint density at radius 2 is 1.87 bits per heavy atom. The molecule has 0 aliphatic rings. The molecule has 0 aromatic heterocycles. The van der Waals surface area contributed by atoms with E-state index >= 15 is 0 Å². The Morgan fingerprint density at radius 1 is 1.22 bits per heavy atom. The van der Waals surface area contributed by atoms with Gasteiger partial charge in [-0.05, 0) is 37.0 Å². The van der Waals surface area contributed by atoms with Crippen molar-refractivity contribution in [2.75, 3.05) is 27.2 Å². The van der Waals surface area contributed by atoms with Crippen molar-refractivity contribution in [2.45, 2.75) is 33.1 Å². The van der Waals surface area contributed by atoms with E-state index in [0.29, 0.717) is 25.1 Å². The van der Waals surface area contributed by atoms with Crippen molar-refractivity contribution >= 4 is 11.8 Å². The number of nitrogens with two attached hydrogens (primary N) is 1. The standard InChI is InChI=1S/C18H29N3O2/c1-5-18(6-2,13-19)17(23)20-11-10-14-8-7-9-15(12-14)16(22)21(3)4/h7-9,12H,5-6,10-11,13,19H2,1-4H3,(H,20,23). The Kier molecular flexibility index (Phi) is 7.23. The lowest BCUT2D eigenvalue weighted by atomic mass is 9.81. The van der Waals surface area contributed by atoms with Crippen LogP contribution in [0.1, 0.15) is 42.6 Å². The minimum absolute atomic E-state index is 0.0185. The number of carbonyl (C=O) groups is 2. The molecule has 0 fully saturated rings. The first-order valence-corrected chi connectivity index (χ1v) is 8.19. The second kappa shape index (κ2) is 8.67. The van der Waals surface area contributed by atoms with E-state index in [1.54, 1.807) is 25.1 Å². The molecule has 0 spiro atoms. The molecule has 0 aliphatic heterocycles. The summed E-state index contributed by atoms with van der Waals surface area (Å²) in [6, 6.07) is 7.52. The minimum atomic E-state index is -0.470. The van der Waals surface area contributed by atoms with E-state index < -0.39 is 5.41 Å². The second-order valence-corrected chi connectivity index (χ2v) is 6.10. The summed E-state index contributed by atoms with van der Waals surface area (Å²) in [6.45, 7) is 4.89. The number of rotatable bonds is 8. The molecule has 128 valence electrons.